The zero-order valence-corrected chi connectivity index (χ0v) is 7.76. The van der Waals surface area contributed by atoms with Crippen LogP contribution in [0.2, 0.25) is 0 Å². The highest BCUT2D eigenvalue weighted by atomic mass is 16.6. The number of nitro benzene ring substituents is 1. The number of rotatable bonds is 3. The van der Waals surface area contributed by atoms with Gasteiger partial charge in [-0.2, -0.15) is 5.26 Å². The fourth-order valence-corrected chi connectivity index (χ4v) is 1.16. The summed E-state index contributed by atoms with van der Waals surface area (Å²) in [5.41, 5.74) is -0.786. The van der Waals surface area contributed by atoms with Gasteiger partial charge in [0.05, 0.1) is 17.6 Å². The maximum Gasteiger partial charge on any atom is 0.322 e. The molecule has 15 heavy (non-hydrogen) atoms. The van der Waals surface area contributed by atoms with Crippen LogP contribution in [0.25, 0.3) is 0 Å². The van der Waals surface area contributed by atoms with E-state index >= 15 is 0 Å². The maximum absolute atomic E-state index is 10.7. The molecule has 0 bridgehead atoms. The number of aldehydes is 1. The number of benzene rings is 1. The predicted molar refractivity (Wildman–Crippen MR) is 49.8 cm³/mol. The number of carbonyl (C=O) groups is 1. The monoisotopic (exact) mass is 206 g/mol. The van der Waals surface area contributed by atoms with Crippen molar-refractivity contribution in [3.63, 3.8) is 0 Å². The smallest absolute Gasteiger partial charge is 0.322 e. The van der Waals surface area contributed by atoms with Crippen LogP contribution in [0.15, 0.2) is 12.1 Å². The van der Waals surface area contributed by atoms with Crippen molar-refractivity contribution >= 4 is 12.0 Å². The molecule has 0 fully saturated rings. The van der Waals surface area contributed by atoms with Gasteiger partial charge in [0, 0.05) is 0 Å². The van der Waals surface area contributed by atoms with E-state index in [1.807, 2.05) is 0 Å². The van der Waals surface area contributed by atoms with Gasteiger partial charge in [0.15, 0.2) is 12.0 Å². The summed E-state index contributed by atoms with van der Waals surface area (Å²) in [5, 5.41) is 19.3. The second kappa shape index (κ2) is 4.19. The van der Waals surface area contributed by atoms with Crippen molar-refractivity contribution in [1.29, 1.82) is 5.26 Å². The van der Waals surface area contributed by atoms with Crippen molar-refractivity contribution in [3.8, 4) is 11.8 Å². The van der Waals surface area contributed by atoms with Crippen LogP contribution in [0.1, 0.15) is 15.9 Å². The Morgan fingerprint density at radius 3 is 2.67 bits per heavy atom. The predicted octanol–water partition coefficient (Wildman–Crippen LogP) is 1.29. The average molecular weight is 206 g/mol. The normalized spacial score (nSPS) is 9.07. The zero-order chi connectivity index (χ0) is 11.4. The van der Waals surface area contributed by atoms with Crippen molar-refractivity contribution in [1.82, 2.24) is 0 Å². The van der Waals surface area contributed by atoms with Crippen LogP contribution in [-0.2, 0) is 0 Å². The van der Waals surface area contributed by atoms with Gasteiger partial charge in [0.2, 0.25) is 0 Å². The lowest BCUT2D eigenvalue weighted by Crippen LogP contribution is -2.00. The first-order chi connectivity index (χ1) is 7.15. The third kappa shape index (κ3) is 1.76. The molecule has 0 heterocycles. The van der Waals surface area contributed by atoms with Gasteiger partial charge in [-0.25, -0.2) is 0 Å². The van der Waals surface area contributed by atoms with E-state index in [2.05, 4.69) is 0 Å². The molecule has 6 heteroatoms. The van der Waals surface area contributed by atoms with Crippen LogP contribution in [-0.4, -0.2) is 18.3 Å². The molecular formula is C9H6N2O4. The molecule has 0 saturated heterocycles. The highest BCUT2D eigenvalue weighted by molar-refractivity contribution is 5.87. The molecule has 1 aromatic rings. The number of nitrogens with zero attached hydrogens (tertiary/aromatic N) is 2. The van der Waals surface area contributed by atoms with Crippen LogP contribution in [0.5, 0.6) is 5.75 Å². The number of carbonyl (C=O) groups excluding carboxylic acids is 1. The number of hydrogen-bond acceptors (Lipinski definition) is 5. The molecule has 6 nitrogen and oxygen atoms in total. The van der Waals surface area contributed by atoms with E-state index in [0.29, 0.717) is 0 Å². The van der Waals surface area contributed by atoms with Crippen molar-refractivity contribution in [2.45, 2.75) is 0 Å². The van der Waals surface area contributed by atoms with E-state index in [1.54, 1.807) is 6.07 Å². The molecule has 0 aliphatic rings. The van der Waals surface area contributed by atoms with Gasteiger partial charge in [-0.3, -0.25) is 14.9 Å². The van der Waals surface area contributed by atoms with Gasteiger partial charge in [-0.05, 0) is 12.1 Å². The first kappa shape index (κ1) is 10.7. The van der Waals surface area contributed by atoms with Crippen molar-refractivity contribution in [2.24, 2.45) is 0 Å². The summed E-state index contributed by atoms with van der Waals surface area (Å²) >= 11 is 0. The van der Waals surface area contributed by atoms with Crippen LogP contribution < -0.4 is 4.74 Å². The van der Waals surface area contributed by atoms with E-state index in [1.165, 1.54) is 19.2 Å². The first-order valence-corrected chi connectivity index (χ1v) is 3.86. The molecule has 0 N–H and O–H groups in total. The summed E-state index contributed by atoms with van der Waals surface area (Å²) in [6, 6.07) is 4.28. The Labute approximate surface area is 84.8 Å². The highest BCUT2D eigenvalue weighted by Gasteiger charge is 2.23. The molecule has 0 radical (unpaired) electrons. The lowest BCUT2D eigenvalue weighted by Gasteiger charge is -2.03. The van der Waals surface area contributed by atoms with Gasteiger partial charge in [-0.15, -0.1) is 0 Å². The number of methoxy groups -OCH3 is 1. The number of hydrogen-bond donors (Lipinski definition) is 0. The Balaban J connectivity index is 3.60. The molecule has 0 saturated carbocycles. The highest BCUT2D eigenvalue weighted by Crippen LogP contribution is 2.31. The van der Waals surface area contributed by atoms with Crippen molar-refractivity contribution < 1.29 is 14.5 Å². The molecule has 0 spiro atoms. The molecule has 1 aromatic carbocycles. The average Bonchev–Trinajstić information content (AvgIpc) is 2.26. The minimum absolute atomic E-state index is 0.0406. The summed E-state index contributed by atoms with van der Waals surface area (Å²) in [7, 11) is 1.25. The Morgan fingerprint density at radius 2 is 2.27 bits per heavy atom. The van der Waals surface area contributed by atoms with E-state index in [0.717, 1.165) is 0 Å². The van der Waals surface area contributed by atoms with Crippen molar-refractivity contribution in [2.75, 3.05) is 7.11 Å². The molecule has 76 valence electrons. The van der Waals surface area contributed by atoms with Crippen LogP contribution in [0.4, 0.5) is 5.69 Å². The van der Waals surface area contributed by atoms with E-state index < -0.39 is 10.6 Å². The Hall–Kier alpha value is -2.42. The summed E-state index contributed by atoms with van der Waals surface area (Å²) in [4.78, 5) is 20.6. The second-order valence-electron chi connectivity index (χ2n) is 2.56. The molecule has 0 unspecified atom stereocenters. The Bertz CT molecular complexity index is 462. The van der Waals surface area contributed by atoms with Crippen LogP contribution in [0.3, 0.4) is 0 Å². The fourth-order valence-electron chi connectivity index (χ4n) is 1.16. The summed E-state index contributed by atoms with van der Waals surface area (Å²) in [6.45, 7) is 0. The summed E-state index contributed by atoms with van der Waals surface area (Å²) < 4.78 is 4.74. The fraction of sp³-hybridized carbons (Fsp3) is 0.111. The quantitative estimate of drug-likeness (QED) is 0.422. The third-order valence-electron chi connectivity index (χ3n) is 1.82. The molecule has 0 amide bonds. The van der Waals surface area contributed by atoms with Gasteiger partial charge in [-0.1, -0.05) is 0 Å². The van der Waals surface area contributed by atoms with Gasteiger partial charge in [0.1, 0.15) is 11.6 Å². The molecular weight excluding hydrogens is 200 g/mol. The summed E-state index contributed by atoms with van der Waals surface area (Å²) in [6.07, 6.45) is 0.277. The molecule has 0 aromatic heterocycles. The second-order valence-corrected chi connectivity index (χ2v) is 2.56. The lowest BCUT2D eigenvalue weighted by atomic mass is 10.1. The van der Waals surface area contributed by atoms with Crippen LogP contribution in [0, 0.1) is 21.4 Å². The lowest BCUT2D eigenvalue weighted by molar-refractivity contribution is -0.386. The van der Waals surface area contributed by atoms with Gasteiger partial charge in [0.25, 0.3) is 0 Å². The van der Waals surface area contributed by atoms with E-state index in [-0.39, 0.29) is 23.2 Å². The topological polar surface area (TPSA) is 93.2 Å². The van der Waals surface area contributed by atoms with E-state index in [9.17, 15) is 14.9 Å². The molecule has 0 aliphatic heterocycles. The number of ether oxygens (including phenoxy) is 1. The Kier molecular flexibility index (Phi) is 2.98. The third-order valence-corrected chi connectivity index (χ3v) is 1.82. The SMILES string of the molecule is COc1ccc(C#N)c(C=O)c1[N+](=O)[O-]. The van der Waals surface area contributed by atoms with E-state index in [4.69, 9.17) is 10.00 Å². The first-order valence-electron chi connectivity index (χ1n) is 3.86. The minimum atomic E-state index is -0.747. The molecule has 1 rings (SSSR count). The van der Waals surface area contributed by atoms with Crippen LogP contribution >= 0.6 is 0 Å². The van der Waals surface area contributed by atoms with Gasteiger partial charge >= 0.3 is 5.69 Å². The standard InChI is InChI=1S/C9H6N2O4/c1-15-8-3-2-6(4-10)7(5-12)9(8)11(13)14/h2-3,5H,1H3. The van der Waals surface area contributed by atoms with Crippen molar-refractivity contribution in [3.05, 3.63) is 33.4 Å². The largest absolute Gasteiger partial charge is 0.490 e. The zero-order valence-electron chi connectivity index (χ0n) is 7.76. The van der Waals surface area contributed by atoms with Gasteiger partial charge < -0.3 is 4.74 Å². The molecule has 0 aliphatic carbocycles. The number of nitro groups is 1. The summed E-state index contributed by atoms with van der Waals surface area (Å²) in [5.74, 6) is -0.0406. The minimum Gasteiger partial charge on any atom is -0.490 e. The number of nitriles is 1. The molecule has 0 atom stereocenters. The Morgan fingerprint density at radius 1 is 1.60 bits per heavy atom. The maximum atomic E-state index is 10.7.